The van der Waals surface area contributed by atoms with Crippen molar-refractivity contribution in [3.63, 3.8) is 0 Å². The lowest BCUT2D eigenvalue weighted by Crippen LogP contribution is -2.28. The Labute approximate surface area is 123 Å². The zero-order valence-electron chi connectivity index (χ0n) is 11.4. The minimum absolute atomic E-state index is 0.289. The maximum Gasteiger partial charge on any atom is 0.319 e. The number of carbonyl (C=O) groups is 1. The molecule has 0 bridgehead atoms. The molecule has 0 saturated heterocycles. The summed E-state index contributed by atoms with van der Waals surface area (Å²) in [7, 11) is 0. The van der Waals surface area contributed by atoms with Crippen molar-refractivity contribution in [1.29, 1.82) is 0 Å². The van der Waals surface area contributed by atoms with Crippen LogP contribution in [0.1, 0.15) is 16.7 Å². The number of pyridine rings is 1. The van der Waals surface area contributed by atoms with Gasteiger partial charge >= 0.3 is 6.03 Å². The zero-order valence-corrected chi connectivity index (χ0v) is 12.2. The molecule has 0 aliphatic heterocycles. The molecule has 104 valence electrons. The standard InChI is InChI=1S/C15H16ClN3O/c1-10-6-11(2)14(13(16)7-10)19-15(20)18-9-12-4-3-5-17-8-12/h3-8H,9H2,1-2H3,(H2,18,19,20). The number of nitrogens with one attached hydrogen (secondary N) is 2. The second-order valence-corrected chi connectivity index (χ2v) is 5.01. The maximum absolute atomic E-state index is 11.9. The highest BCUT2D eigenvalue weighted by Gasteiger charge is 2.09. The molecule has 20 heavy (non-hydrogen) atoms. The molecule has 1 heterocycles. The molecule has 0 aliphatic carbocycles. The van der Waals surface area contributed by atoms with Crippen molar-refractivity contribution < 1.29 is 4.79 Å². The summed E-state index contributed by atoms with van der Waals surface area (Å²) < 4.78 is 0. The molecular weight excluding hydrogens is 274 g/mol. The van der Waals surface area contributed by atoms with E-state index < -0.39 is 0 Å². The number of rotatable bonds is 3. The first-order valence-electron chi connectivity index (χ1n) is 6.27. The average Bonchev–Trinajstić information content (AvgIpc) is 2.42. The Hall–Kier alpha value is -2.07. The van der Waals surface area contributed by atoms with E-state index in [1.807, 2.05) is 38.1 Å². The monoisotopic (exact) mass is 289 g/mol. The predicted octanol–water partition coefficient (Wildman–Crippen LogP) is 3.67. The lowest BCUT2D eigenvalue weighted by atomic mass is 10.1. The summed E-state index contributed by atoms with van der Waals surface area (Å²) in [6.45, 7) is 4.29. The van der Waals surface area contributed by atoms with Gasteiger partial charge in [0.25, 0.3) is 0 Å². The van der Waals surface area contributed by atoms with Gasteiger partial charge in [-0.25, -0.2) is 4.79 Å². The van der Waals surface area contributed by atoms with E-state index in [0.717, 1.165) is 16.7 Å². The fraction of sp³-hybridized carbons (Fsp3) is 0.200. The van der Waals surface area contributed by atoms with Gasteiger partial charge in [0.15, 0.2) is 0 Å². The molecule has 2 amide bonds. The first-order chi connectivity index (χ1) is 9.56. The Morgan fingerprint density at radius 3 is 2.80 bits per heavy atom. The fourth-order valence-electron chi connectivity index (χ4n) is 1.92. The quantitative estimate of drug-likeness (QED) is 0.906. The summed E-state index contributed by atoms with van der Waals surface area (Å²) in [6.07, 6.45) is 3.41. The number of hydrogen-bond donors (Lipinski definition) is 2. The smallest absolute Gasteiger partial charge is 0.319 e. The van der Waals surface area contributed by atoms with E-state index >= 15 is 0 Å². The summed E-state index contributed by atoms with van der Waals surface area (Å²) in [6, 6.07) is 7.24. The lowest BCUT2D eigenvalue weighted by Gasteiger charge is -2.12. The Kier molecular flexibility index (Phi) is 4.58. The molecule has 2 aromatic rings. The van der Waals surface area contributed by atoms with Crippen molar-refractivity contribution in [2.45, 2.75) is 20.4 Å². The Morgan fingerprint density at radius 1 is 1.35 bits per heavy atom. The van der Waals surface area contributed by atoms with Crippen LogP contribution in [0.5, 0.6) is 0 Å². The number of urea groups is 1. The Bertz CT molecular complexity index is 591. The second-order valence-electron chi connectivity index (χ2n) is 4.61. The van der Waals surface area contributed by atoms with Crippen molar-refractivity contribution in [3.05, 3.63) is 58.4 Å². The van der Waals surface area contributed by atoms with E-state index in [4.69, 9.17) is 11.6 Å². The van der Waals surface area contributed by atoms with Gasteiger partial charge in [0, 0.05) is 18.9 Å². The summed E-state index contributed by atoms with van der Waals surface area (Å²) in [5, 5.41) is 6.08. The van der Waals surface area contributed by atoms with Crippen molar-refractivity contribution in [1.82, 2.24) is 10.3 Å². The van der Waals surface area contributed by atoms with Crippen LogP contribution in [-0.2, 0) is 6.54 Å². The van der Waals surface area contributed by atoms with Crippen LogP contribution < -0.4 is 10.6 Å². The Morgan fingerprint density at radius 2 is 2.15 bits per heavy atom. The van der Waals surface area contributed by atoms with E-state index in [1.54, 1.807) is 12.4 Å². The van der Waals surface area contributed by atoms with Crippen LogP contribution in [0.25, 0.3) is 0 Å². The fourth-order valence-corrected chi connectivity index (χ4v) is 2.29. The third-order valence-electron chi connectivity index (χ3n) is 2.85. The van der Waals surface area contributed by atoms with Crippen LogP contribution in [0.4, 0.5) is 10.5 Å². The summed E-state index contributed by atoms with van der Waals surface area (Å²) in [5.74, 6) is 0. The van der Waals surface area contributed by atoms with Gasteiger partial charge in [-0.05, 0) is 42.7 Å². The summed E-state index contributed by atoms with van der Waals surface area (Å²) in [5.41, 5.74) is 3.58. The molecule has 2 rings (SSSR count). The summed E-state index contributed by atoms with van der Waals surface area (Å²) in [4.78, 5) is 15.9. The van der Waals surface area contributed by atoms with Gasteiger partial charge in [0.05, 0.1) is 10.7 Å². The predicted molar refractivity (Wildman–Crippen MR) is 81.0 cm³/mol. The van der Waals surface area contributed by atoms with Crippen molar-refractivity contribution in [2.75, 3.05) is 5.32 Å². The number of anilines is 1. The number of aryl methyl sites for hydroxylation is 2. The van der Waals surface area contributed by atoms with Crippen LogP contribution in [0.3, 0.4) is 0 Å². The van der Waals surface area contributed by atoms with Gasteiger partial charge in [0.1, 0.15) is 0 Å². The molecule has 2 N–H and O–H groups in total. The molecule has 4 nitrogen and oxygen atoms in total. The molecule has 0 unspecified atom stereocenters. The molecule has 5 heteroatoms. The van der Waals surface area contributed by atoms with E-state index in [0.29, 0.717) is 17.3 Å². The third-order valence-corrected chi connectivity index (χ3v) is 3.14. The molecule has 0 fully saturated rings. The topological polar surface area (TPSA) is 54.0 Å². The van der Waals surface area contributed by atoms with E-state index in [2.05, 4.69) is 15.6 Å². The third kappa shape index (κ3) is 3.71. The average molecular weight is 290 g/mol. The molecule has 1 aromatic carbocycles. The van der Waals surface area contributed by atoms with Crippen molar-refractivity contribution in [2.24, 2.45) is 0 Å². The number of hydrogen-bond acceptors (Lipinski definition) is 2. The molecule has 0 aliphatic rings. The highest BCUT2D eigenvalue weighted by Crippen LogP contribution is 2.27. The van der Waals surface area contributed by atoms with E-state index in [9.17, 15) is 4.79 Å². The normalized spacial score (nSPS) is 10.2. The molecular formula is C15H16ClN3O. The van der Waals surface area contributed by atoms with E-state index in [-0.39, 0.29) is 6.03 Å². The minimum Gasteiger partial charge on any atom is -0.334 e. The van der Waals surface area contributed by atoms with E-state index in [1.165, 1.54) is 0 Å². The van der Waals surface area contributed by atoms with Crippen molar-refractivity contribution >= 4 is 23.3 Å². The molecule has 1 aromatic heterocycles. The minimum atomic E-state index is -0.289. The number of aromatic nitrogens is 1. The van der Waals surface area contributed by atoms with Gasteiger partial charge in [-0.3, -0.25) is 4.98 Å². The SMILES string of the molecule is Cc1cc(C)c(NC(=O)NCc2cccnc2)c(Cl)c1. The van der Waals surface area contributed by atoms with Crippen LogP contribution >= 0.6 is 11.6 Å². The van der Waals surface area contributed by atoms with Crippen LogP contribution in [-0.4, -0.2) is 11.0 Å². The highest BCUT2D eigenvalue weighted by molar-refractivity contribution is 6.34. The first-order valence-corrected chi connectivity index (χ1v) is 6.64. The largest absolute Gasteiger partial charge is 0.334 e. The van der Waals surface area contributed by atoms with Gasteiger partial charge in [-0.15, -0.1) is 0 Å². The van der Waals surface area contributed by atoms with Crippen molar-refractivity contribution in [3.8, 4) is 0 Å². The number of halogens is 1. The molecule has 0 radical (unpaired) electrons. The maximum atomic E-state index is 11.9. The molecule has 0 saturated carbocycles. The van der Waals surface area contributed by atoms with Crippen LogP contribution in [0.2, 0.25) is 5.02 Å². The van der Waals surface area contributed by atoms with Gasteiger partial charge in [0.2, 0.25) is 0 Å². The van der Waals surface area contributed by atoms with Gasteiger partial charge < -0.3 is 10.6 Å². The number of carbonyl (C=O) groups excluding carboxylic acids is 1. The second kappa shape index (κ2) is 6.39. The molecule has 0 atom stereocenters. The van der Waals surface area contributed by atoms with Crippen LogP contribution in [0, 0.1) is 13.8 Å². The number of nitrogens with zero attached hydrogens (tertiary/aromatic N) is 1. The molecule has 0 spiro atoms. The van der Waals surface area contributed by atoms with Crippen LogP contribution in [0.15, 0.2) is 36.7 Å². The Balaban J connectivity index is 1.98. The lowest BCUT2D eigenvalue weighted by molar-refractivity contribution is 0.251. The highest BCUT2D eigenvalue weighted by atomic mass is 35.5. The number of benzene rings is 1. The number of amides is 2. The summed E-state index contributed by atoms with van der Waals surface area (Å²) >= 11 is 6.14. The van der Waals surface area contributed by atoms with Gasteiger partial charge in [-0.2, -0.15) is 0 Å². The first kappa shape index (κ1) is 14.3. The zero-order chi connectivity index (χ0) is 14.5. The van der Waals surface area contributed by atoms with Gasteiger partial charge in [-0.1, -0.05) is 23.7 Å².